The van der Waals surface area contributed by atoms with Crippen molar-refractivity contribution in [3.63, 3.8) is 0 Å². The van der Waals surface area contributed by atoms with E-state index in [4.69, 9.17) is 15.2 Å². The van der Waals surface area contributed by atoms with Crippen LogP contribution in [0.15, 0.2) is 36.4 Å². The molecule has 0 bridgehead atoms. The molecule has 0 unspecified atom stereocenters. The fraction of sp³-hybridized carbons (Fsp3) is 0.188. The van der Waals surface area contributed by atoms with Gasteiger partial charge in [-0.25, -0.2) is 4.79 Å². The molecule has 0 saturated carbocycles. The second-order valence-corrected chi connectivity index (χ2v) is 4.62. The van der Waals surface area contributed by atoms with E-state index < -0.39 is 5.97 Å². The normalized spacial score (nSPS) is 10.0. The first-order valence-electron chi connectivity index (χ1n) is 6.44. The minimum absolute atomic E-state index is 0.408. The second kappa shape index (κ2) is 6.17. The van der Waals surface area contributed by atoms with Gasteiger partial charge in [-0.15, -0.1) is 0 Å². The molecule has 2 rings (SSSR count). The van der Waals surface area contributed by atoms with Crippen LogP contribution in [0.25, 0.3) is 0 Å². The maximum absolute atomic E-state index is 11.6. The lowest BCUT2D eigenvalue weighted by Crippen LogP contribution is -2.04. The molecule has 0 aliphatic heterocycles. The topological polar surface area (TPSA) is 73.6 Å². The van der Waals surface area contributed by atoms with Crippen LogP contribution in [0.4, 0.5) is 17.1 Å². The fourth-order valence-electron chi connectivity index (χ4n) is 1.97. The van der Waals surface area contributed by atoms with Crippen molar-refractivity contribution in [3.8, 4) is 5.75 Å². The lowest BCUT2D eigenvalue weighted by atomic mass is 10.1. The standard InChI is InChI=1S/C16H18N2O3/c1-10-4-7-15(20-2)14(8-10)18-13-9-11(16(19)21-3)5-6-12(13)17/h4-9,18H,17H2,1-3H3. The Morgan fingerprint density at radius 2 is 1.86 bits per heavy atom. The van der Waals surface area contributed by atoms with Gasteiger partial charge in [0.2, 0.25) is 0 Å². The summed E-state index contributed by atoms with van der Waals surface area (Å²) in [6, 6.07) is 10.7. The number of rotatable bonds is 4. The number of nitrogens with one attached hydrogen (secondary N) is 1. The zero-order chi connectivity index (χ0) is 15.4. The van der Waals surface area contributed by atoms with E-state index in [-0.39, 0.29) is 0 Å². The van der Waals surface area contributed by atoms with E-state index in [0.717, 1.165) is 11.3 Å². The van der Waals surface area contributed by atoms with Crippen LogP contribution in [0, 0.1) is 6.92 Å². The van der Waals surface area contributed by atoms with Crippen LogP contribution >= 0.6 is 0 Å². The van der Waals surface area contributed by atoms with Crippen LogP contribution < -0.4 is 15.8 Å². The molecule has 2 aromatic rings. The molecule has 110 valence electrons. The first-order chi connectivity index (χ1) is 10.0. The van der Waals surface area contributed by atoms with Crippen molar-refractivity contribution in [1.82, 2.24) is 0 Å². The average Bonchev–Trinajstić information content (AvgIpc) is 2.49. The molecule has 3 N–H and O–H groups in total. The van der Waals surface area contributed by atoms with Gasteiger partial charge in [0.25, 0.3) is 0 Å². The lowest BCUT2D eigenvalue weighted by Gasteiger charge is -2.14. The average molecular weight is 286 g/mol. The summed E-state index contributed by atoms with van der Waals surface area (Å²) in [6.45, 7) is 1.98. The van der Waals surface area contributed by atoms with Crippen LogP contribution in [-0.4, -0.2) is 20.2 Å². The van der Waals surface area contributed by atoms with Gasteiger partial charge in [0.05, 0.1) is 36.8 Å². The number of benzene rings is 2. The van der Waals surface area contributed by atoms with E-state index in [2.05, 4.69) is 5.32 Å². The molecule has 5 heteroatoms. The first-order valence-corrected chi connectivity index (χ1v) is 6.44. The lowest BCUT2D eigenvalue weighted by molar-refractivity contribution is 0.0601. The molecule has 0 aliphatic carbocycles. The molecule has 5 nitrogen and oxygen atoms in total. The summed E-state index contributed by atoms with van der Waals surface area (Å²) in [5, 5.41) is 3.19. The molecule has 21 heavy (non-hydrogen) atoms. The van der Waals surface area contributed by atoms with Gasteiger partial charge in [0.1, 0.15) is 5.75 Å². The number of anilines is 3. The minimum atomic E-state index is -0.408. The molecule has 0 aliphatic rings. The molecule has 0 aromatic heterocycles. The first kappa shape index (κ1) is 14.7. The van der Waals surface area contributed by atoms with Crippen molar-refractivity contribution in [3.05, 3.63) is 47.5 Å². The predicted octanol–water partition coefficient (Wildman–Crippen LogP) is 3.12. The summed E-state index contributed by atoms with van der Waals surface area (Å²) in [5.74, 6) is 0.290. The van der Waals surface area contributed by atoms with Crippen LogP contribution in [-0.2, 0) is 4.74 Å². The number of carbonyl (C=O) groups excluding carboxylic acids is 1. The number of nitrogens with two attached hydrogens (primary N) is 1. The van der Waals surface area contributed by atoms with E-state index in [1.807, 2.05) is 25.1 Å². The quantitative estimate of drug-likeness (QED) is 0.667. The smallest absolute Gasteiger partial charge is 0.337 e. The molecule has 0 saturated heterocycles. The molecule has 0 amide bonds. The fourth-order valence-corrected chi connectivity index (χ4v) is 1.97. The van der Waals surface area contributed by atoms with Gasteiger partial charge in [0.15, 0.2) is 0 Å². The van der Waals surface area contributed by atoms with Crippen molar-refractivity contribution in [2.45, 2.75) is 6.92 Å². The number of aryl methyl sites for hydroxylation is 1. The van der Waals surface area contributed by atoms with Crippen molar-refractivity contribution in [2.24, 2.45) is 0 Å². The van der Waals surface area contributed by atoms with E-state index in [0.29, 0.717) is 22.7 Å². The van der Waals surface area contributed by atoms with Gasteiger partial charge in [-0.3, -0.25) is 0 Å². The predicted molar refractivity (Wildman–Crippen MR) is 83.2 cm³/mol. The van der Waals surface area contributed by atoms with E-state index in [1.54, 1.807) is 25.3 Å². The molecule has 0 spiro atoms. The van der Waals surface area contributed by atoms with Crippen LogP contribution in [0.3, 0.4) is 0 Å². The summed E-state index contributed by atoms with van der Waals surface area (Å²) in [7, 11) is 2.94. The van der Waals surface area contributed by atoms with Gasteiger partial charge < -0.3 is 20.5 Å². The third-order valence-corrected chi connectivity index (χ3v) is 3.10. The maximum atomic E-state index is 11.6. The number of hydrogen-bond acceptors (Lipinski definition) is 5. The zero-order valence-corrected chi connectivity index (χ0v) is 12.3. The summed E-state index contributed by atoms with van der Waals surface area (Å²) >= 11 is 0. The highest BCUT2D eigenvalue weighted by Crippen LogP contribution is 2.31. The zero-order valence-electron chi connectivity index (χ0n) is 12.3. The maximum Gasteiger partial charge on any atom is 0.337 e. The third kappa shape index (κ3) is 3.25. The molecular formula is C16H18N2O3. The Balaban J connectivity index is 2.39. The van der Waals surface area contributed by atoms with Gasteiger partial charge in [0, 0.05) is 0 Å². The van der Waals surface area contributed by atoms with Crippen molar-refractivity contribution in [1.29, 1.82) is 0 Å². The molecule has 0 fully saturated rings. The van der Waals surface area contributed by atoms with Crippen LogP contribution in [0.2, 0.25) is 0 Å². The van der Waals surface area contributed by atoms with Gasteiger partial charge in [-0.05, 0) is 42.8 Å². The van der Waals surface area contributed by atoms with Gasteiger partial charge in [-0.1, -0.05) is 6.07 Å². The monoisotopic (exact) mass is 286 g/mol. The number of ether oxygens (including phenoxy) is 2. The number of hydrogen-bond donors (Lipinski definition) is 2. The Bertz CT molecular complexity index is 669. The Morgan fingerprint density at radius 1 is 1.10 bits per heavy atom. The van der Waals surface area contributed by atoms with Crippen molar-refractivity contribution < 1.29 is 14.3 Å². The molecule has 0 heterocycles. The molecular weight excluding hydrogens is 268 g/mol. The number of methoxy groups -OCH3 is 2. The minimum Gasteiger partial charge on any atom is -0.495 e. The Kier molecular flexibility index (Phi) is 4.33. The summed E-state index contributed by atoms with van der Waals surface area (Å²) < 4.78 is 10.0. The number of nitrogen functional groups attached to an aromatic ring is 1. The number of esters is 1. The van der Waals surface area contributed by atoms with E-state index in [9.17, 15) is 4.79 Å². The Labute approximate surface area is 123 Å². The summed E-state index contributed by atoms with van der Waals surface area (Å²) in [4.78, 5) is 11.6. The molecule has 2 aromatic carbocycles. The second-order valence-electron chi connectivity index (χ2n) is 4.62. The Morgan fingerprint density at radius 3 is 2.52 bits per heavy atom. The molecule has 0 atom stereocenters. The third-order valence-electron chi connectivity index (χ3n) is 3.10. The Hall–Kier alpha value is -2.69. The highest BCUT2D eigenvalue weighted by molar-refractivity contribution is 5.92. The number of carbonyl (C=O) groups is 1. The van der Waals surface area contributed by atoms with Crippen LogP contribution in [0.5, 0.6) is 5.75 Å². The summed E-state index contributed by atoms with van der Waals surface area (Å²) in [6.07, 6.45) is 0. The largest absolute Gasteiger partial charge is 0.495 e. The van der Waals surface area contributed by atoms with E-state index in [1.165, 1.54) is 7.11 Å². The highest BCUT2D eigenvalue weighted by atomic mass is 16.5. The van der Waals surface area contributed by atoms with Crippen molar-refractivity contribution in [2.75, 3.05) is 25.3 Å². The highest BCUT2D eigenvalue weighted by Gasteiger charge is 2.10. The van der Waals surface area contributed by atoms with E-state index >= 15 is 0 Å². The van der Waals surface area contributed by atoms with Crippen LogP contribution in [0.1, 0.15) is 15.9 Å². The molecule has 0 radical (unpaired) electrons. The van der Waals surface area contributed by atoms with Gasteiger partial charge in [-0.2, -0.15) is 0 Å². The van der Waals surface area contributed by atoms with Crippen molar-refractivity contribution >= 4 is 23.0 Å². The SMILES string of the molecule is COC(=O)c1ccc(N)c(Nc2cc(C)ccc2OC)c1. The van der Waals surface area contributed by atoms with Gasteiger partial charge >= 0.3 is 5.97 Å². The summed E-state index contributed by atoms with van der Waals surface area (Å²) in [5.41, 5.74) is 9.41.